The van der Waals surface area contributed by atoms with Crippen molar-refractivity contribution < 1.29 is 4.79 Å². The third-order valence-electron chi connectivity index (χ3n) is 4.77. The Labute approximate surface area is 147 Å². The zero-order valence-corrected chi connectivity index (χ0v) is 14.2. The summed E-state index contributed by atoms with van der Waals surface area (Å²) in [4.78, 5) is 19.3. The number of hydrogen-bond donors (Lipinski definition) is 2. The van der Waals surface area contributed by atoms with E-state index in [9.17, 15) is 4.79 Å². The van der Waals surface area contributed by atoms with Crippen molar-refractivity contribution in [1.29, 1.82) is 0 Å². The summed E-state index contributed by atoms with van der Waals surface area (Å²) < 4.78 is 0. The van der Waals surface area contributed by atoms with Crippen molar-refractivity contribution in [3.63, 3.8) is 0 Å². The smallest absolute Gasteiger partial charge is 0.239 e. The molecule has 2 N–H and O–H groups in total. The highest BCUT2D eigenvalue weighted by Crippen LogP contribution is 2.29. The van der Waals surface area contributed by atoms with Crippen LogP contribution in [0.4, 0.5) is 5.69 Å². The molecule has 1 aliphatic heterocycles. The Kier molecular flexibility index (Phi) is 4.48. The van der Waals surface area contributed by atoms with Crippen molar-refractivity contribution in [2.24, 2.45) is 0 Å². The molecule has 2 aromatic carbocycles. The molecule has 0 atom stereocenters. The van der Waals surface area contributed by atoms with E-state index in [1.54, 1.807) is 0 Å². The fraction of sp³-hybridized carbons (Fsp3) is 0.300. The lowest BCUT2D eigenvalue weighted by atomic mass is 10.1. The maximum atomic E-state index is 12.2. The number of fused-ring (bicyclic) bond motifs is 2. The molecule has 3 aromatic rings. The molecule has 0 saturated carbocycles. The predicted octanol–water partition coefficient (Wildman–Crippen LogP) is 3.32. The van der Waals surface area contributed by atoms with E-state index in [-0.39, 0.29) is 5.91 Å². The number of carbonyl (C=O) groups excluding carboxylic acids is 1. The van der Waals surface area contributed by atoms with Crippen molar-refractivity contribution in [1.82, 2.24) is 15.3 Å². The van der Waals surface area contributed by atoms with Gasteiger partial charge < -0.3 is 4.90 Å². The van der Waals surface area contributed by atoms with Crippen molar-refractivity contribution in [2.75, 3.05) is 25.1 Å². The van der Waals surface area contributed by atoms with Crippen molar-refractivity contribution in [3.8, 4) is 0 Å². The number of pyridine rings is 1. The van der Waals surface area contributed by atoms with Gasteiger partial charge in [-0.05, 0) is 38.1 Å². The van der Waals surface area contributed by atoms with Crippen LogP contribution in [0.25, 0.3) is 21.8 Å². The third kappa shape index (κ3) is 3.42. The summed E-state index contributed by atoms with van der Waals surface area (Å²) in [7, 11) is 0. The molecule has 5 nitrogen and oxygen atoms in total. The van der Waals surface area contributed by atoms with Crippen LogP contribution in [-0.4, -0.2) is 35.4 Å². The number of anilines is 1. The topological polar surface area (TPSA) is 57.3 Å². The minimum absolute atomic E-state index is 0.0110. The number of para-hydroxylation sites is 2. The highest BCUT2D eigenvalue weighted by molar-refractivity contribution is 6.07. The predicted molar refractivity (Wildman–Crippen MR) is 101 cm³/mol. The van der Waals surface area contributed by atoms with E-state index >= 15 is 0 Å². The highest BCUT2D eigenvalue weighted by Gasteiger charge is 2.13. The molecule has 1 aliphatic rings. The Bertz CT molecular complexity index is 848. The normalized spacial score (nSPS) is 14.9. The van der Waals surface area contributed by atoms with Crippen LogP contribution in [0, 0.1) is 0 Å². The molecule has 0 spiro atoms. The van der Waals surface area contributed by atoms with Crippen molar-refractivity contribution >= 4 is 33.4 Å². The van der Waals surface area contributed by atoms with E-state index in [4.69, 9.17) is 4.98 Å². The number of carbonyl (C=O) groups is 1. The van der Waals surface area contributed by atoms with Gasteiger partial charge in [-0.15, -0.1) is 0 Å². The van der Waals surface area contributed by atoms with E-state index in [2.05, 4.69) is 15.8 Å². The second-order valence-corrected chi connectivity index (χ2v) is 6.49. The first-order chi connectivity index (χ1) is 12.3. The average Bonchev–Trinajstić information content (AvgIpc) is 3.17. The lowest BCUT2D eigenvalue weighted by Gasteiger charge is -2.16. The lowest BCUT2D eigenvalue weighted by molar-refractivity contribution is -0.120. The summed E-state index contributed by atoms with van der Waals surface area (Å²) in [6, 6.07) is 15.9. The number of hydrogen-bond acceptors (Lipinski definition) is 4. The second kappa shape index (κ2) is 7.07. The SMILES string of the molecule is O=C(CCN1CCCC1)NNc1c2ccccc2nc2ccccc12. The Hall–Kier alpha value is -2.66. The summed E-state index contributed by atoms with van der Waals surface area (Å²) in [5.74, 6) is 0.0110. The zero-order valence-electron chi connectivity index (χ0n) is 14.2. The second-order valence-electron chi connectivity index (χ2n) is 6.49. The molecular weight excluding hydrogens is 312 g/mol. The van der Waals surface area contributed by atoms with Gasteiger partial charge in [0.05, 0.1) is 16.7 Å². The first kappa shape index (κ1) is 15.8. The van der Waals surface area contributed by atoms with Gasteiger partial charge in [-0.25, -0.2) is 4.98 Å². The van der Waals surface area contributed by atoms with Crippen LogP contribution >= 0.6 is 0 Å². The molecule has 0 bridgehead atoms. The molecular formula is C20H22N4O. The Morgan fingerprint density at radius 3 is 2.20 bits per heavy atom. The molecule has 1 saturated heterocycles. The van der Waals surface area contributed by atoms with Gasteiger partial charge in [-0.2, -0.15) is 0 Å². The summed E-state index contributed by atoms with van der Waals surface area (Å²) in [5, 5.41) is 2.00. The van der Waals surface area contributed by atoms with Gasteiger partial charge >= 0.3 is 0 Å². The molecule has 0 unspecified atom stereocenters. The van der Waals surface area contributed by atoms with E-state index < -0.39 is 0 Å². The number of aromatic nitrogens is 1. The molecule has 0 aliphatic carbocycles. The number of amides is 1. The minimum Gasteiger partial charge on any atom is -0.303 e. The molecule has 128 valence electrons. The highest BCUT2D eigenvalue weighted by atomic mass is 16.2. The minimum atomic E-state index is 0.0110. The van der Waals surface area contributed by atoms with Gasteiger partial charge in [0.1, 0.15) is 0 Å². The molecule has 2 heterocycles. The van der Waals surface area contributed by atoms with E-state index in [1.807, 2.05) is 48.5 Å². The number of rotatable bonds is 5. The van der Waals surface area contributed by atoms with Gasteiger partial charge in [0.15, 0.2) is 0 Å². The van der Waals surface area contributed by atoms with Gasteiger partial charge in [-0.3, -0.25) is 15.6 Å². The number of likely N-dealkylation sites (tertiary alicyclic amines) is 1. The monoisotopic (exact) mass is 334 g/mol. The fourth-order valence-corrected chi connectivity index (χ4v) is 3.44. The third-order valence-corrected chi connectivity index (χ3v) is 4.77. The van der Waals surface area contributed by atoms with E-state index in [0.717, 1.165) is 47.1 Å². The molecule has 1 amide bonds. The summed E-state index contributed by atoms with van der Waals surface area (Å²) in [6.45, 7) is 3.05. The molecule has 4 rings (SSSR count). The van der Waals surface area contributed by atoms with Crippen LogP contribution in [0.5, 0.6) is 0 Å². The van der Waals surface area contributed by atoms with Gasteiger partial charge in [0, 0.05) is 23.7 Å². The van der Waals surface area contributed by atoms with E-state index in [0.29, 0.717) is 6.42 Å². The van der Waals surface area contributed by atoms with Crippen LogP contribution in [0.3, 0.4) is 0 Å². The van der Waals surface area contributed by atoms with Crippen LogP contribution in [0.1, 0.15) is 19.3 Å². The summed E-state index contributed by atoms with van der Waals surface area (Å²) in [5.41, 5.74) is 8.73. The maximum absolute atomic E-state index is 12.2. The van der Waals surface area contributed by atoms with Crippen LogP contribution in [-0.2, 0) is 4.79 Å². The van der Waals surface area contributed by atoms with Gasteiger partial charge in [-0.1, -0.05) is 36.4 Å². The van der Waals surface area contributed by atoms with Crippen LogP contribution < -0.4 is 10.9 Å². The Morgan fingerprint density at radius 2 is 1.56 bits per heavy atom. The molecule has 1 fully saturated rings. The van der Waals surface area contributed by atoms with Crippen molar-refractivity contribution in [3.05, 3.63) is 48.5 Å². The summed E-state index contributed by atoms with van der Waals surface area (Å²) in [6.07, 6.45) is 3.00. The molecule has 5 heteroatoms. The van der Waals surface area contributed by atoms with E-state index in [1.165, 1.54) is 12.8 Å². The zero-order chi connectivity index (χ0) is 17.1. The quantitative estimate of drug-likeness (QED) is 0.555. The Balaban J connectivity index is 1.54. The molecule has 0 radical (unpaired) electrons. The number of benzene rings is 2. The summed E-state index contributed by atoms with van der Waals surface area (Å²) >= 11 is 0. The average molecular weight is 334 g/mol. The maximum Gasteiger partial charge on any atom is 0.239 e. The van der Waals surface area contributed by atoms with Crippen molar-refractivity contribution in [2.45, 2.75) is 19.3 Å². The number of nitrogens with one attached hydrogen (secondary N) is 2. The standard InChI is InChI=1S/C20H22N4O/c25-19(11-14-24-12-5-6-13-24)22-23-20-15-7-1-3-9-17(15)21-18-10-4-2-8-16(18)20/h1-4,7-10H,5-6,11-14H2,(H,21,23)(H,22,25). The molecule has 1 aromatic heterocycles. The number of hydrazine groups is 1. The number of nitrogens with zero attached hydrogens (tertiary/aromatic N) is 2. The lowest BCUT2D eigenvalue weighted by Crippen LogP contribution is -2.33. The first-order valence-corrected chi connectivity index (χ1v) is 8.86. The van der Waals surface area contributed by atoms with Crippen LogP contribution in [0.15, 0.2) is 48.5 Å². The van der Waals surface area contributed by atoms with Gasteiger partial charge in [0.25, 0.3) is 0 Å². The van der Waals surface area contributed by atoms with Gasteiger partial charge in [0.2, 0.25) is 5.91 Å². The molecule has 25 heavy (non-hydrogen) atoms. The fourth-order valence-electron chi connectivity index (χ4n) is 3.44. The Morgan fingerprint density at radius 1 is 0.960 bits per heavy atom. The largest absolute Gasteiger partial charge is 0.303 e. The van der Waals surface area contributed by atoms with Crippen LogP contribution in [0.2, 0.25) is 0 Å². The first-order valence-electron chi connectivity index (χ1n) is 8.86.